The van der Waals surface area contributed by atoms with E-state index in [4.69, 9.17) is 0 Å². The Balaban J connectivity index is 0.00000529. The molecular formula is C22H40ClN. The third-order valence-electron chi connectivity index (χ3n) is 4.82. The summed E-state index contributed by atoms with van der Waals surface area (Å²) in [5.41, 5.74) is 1.46. The largest absolute Gasteiger partial charge is 1.00 e. The maximum atomic E-state index is 2.36. The van der Waals surface area contributed by atoms with E-state index in [9.17, 15) is 0 Å². The van der Waals surface area contributed by atoms with Gasteiger partial charge >= 0.3 is 0 Å². The molecule has 0 aromatic heterocycles. The second kappa shape index (κ2) is 14.8. The van der Waals surface area contributed by atoms with Crippen molar-refractivity contribution < 1.29 is 16.9 Å². The Kier molecular flexibility index (Phi) is 14.5. The predicted octanol–water partition coefficient (Wildman–Crippen LogP) is 3.58. The minimum Gasteiger partial charge on any atom is -1.00 e. The van der Waals surface area contributed by atoms with Crippen LogP contribution in [0, 0.1) is 0 Å². The molecule has 140 valence electrons. The van der Waals surface area contributed by atoms with E-state index in [1.807, 2.05) is 0 Å². The van der Waals surface area contributed by atoms with Gasteiger partial charge in [-0.05, 0) is 12.8 Å². The number of unbranched alkanes of at least 4 members (excludes halogenated alkanes) is 10. The van der Waals surface area contributed by atoms with Crippen LogP contribution < -0.4 is 12.4 Å². The van der Waals surface area contributed by atoms with Gasteiger partial charge in [0.1, 0.15) is 6.54 Å². The number of halogens is 1. The molecule has 0 bridgehead atoms. The smallest absolute Gasteiger partial charge is 0.104 e. The third-order valence-corrected chi connectivity index (χ3v) is 4.82. The molecule has 0 N–H and O–H groups in total. The van der Waals surface area contributed by atoms with E-state index in [2.05, 4.69) is 51.4 Å². The highest BCUT2D eigenvalue weighted by Gasteiger charge is 2.14. The first-order valence-corrected chi connectivity index (χ1v) is 10.00. The molecular weight excluding hydrogens is 314 g/mol. The van der Waals surface area contributed by atoms with Gasteiger partial charge in [0.2, 0.25) is 0 Å². The van der Waals surface area contributed by atoms with Crippen LogP contribution in [0.25, 0.3) is 0 Å². The highest BCUT2D eigenvalue weighted by molar-refractivity contribution is 5.13. The number of rotatable bonds is 14. The lowest BCUT2D eigenvalue weighted by Gasteiger charge is -2.30. The van der Waals surface area contributed by atoms with Crippen molar-refractivity contribution in [3.63, 3.8) is 0 Å². The van der Waals surface area contributed by atoms with Crippen LogP contribution in [-0.4, -0.2) is 25.1 Å². The molecule has 1 rings (SSSR count). The summed E-state index contributed by atoms with van der Waals surface area (Å²) in [6.45, 7) is 4.74. The average molecular weight is 354 g/mol. The number of hydrogen-bond acceptors (Lipinski definition) is 0. The maximum Gasteiger partial charge on any atom is 0.104 e. The maximum absolute atomic E-state index is 2.36. The van der Waals surface area contributed by atoms with E-state index >= 15 is 0 Å². The van der Waals surface area contributed by atoms with E-state index in [1.54, 1.807) is 0 Å². The van der Waals surface area contributed by atoms with Crippen molar-refractivity contribution in [3.8, 4) is 0 Å². The fourth-order valence-electron chi connectivity index (χ4n) is 3.36. The van der Waals surface area contributed by atoms with E-state index < -0.39 is 0 Å². The summed E-state index contributed by atoms with van der Waals surface area (Å²) in [4.78, 5) is 0. The molecule has 24 heavy (non-hydrogen) atoms. The van der Waals surface area contributed by atoms with Gasteiger partial charge in [0.25, 0.3) is 0 Å². The van der Waals surface area contributed by atoms with Crippen LogP contribution in [0.2, 0.25) is 0 Å². The Bertz CT molecular complexity index is 375. The predicted molar refractivity (Wildman–Crippen MR) is 104 cm³/mol. The standard InChI is InChI=1S/C22H40N.ClH/c1-4-5-6-7-8-9-10-11-12-13-17-20-23(2,3)21-22-18-15-14-16-19-22;/h14-16,18-19H,4-13,17,20-21H2,1-3H3;1H/q+1;/p-1. The normalized spacial score (nSPS) is 11.3. The molecule has 0 radical (unpaired) electrons. The summed E-state index contributed by atoms with van der Waals surface area (Å²) in [6.07, 6.45) is 15.7. The third kappa shape index (κ3) is 12.8. The number of benzene rings is 1. The van der Waals surface area contributed by atoms with Crippen LogP contribution in [0.5, 0.6) is 0 Å². The first-order valence-electron chi connectivity index (χ1n) is 10.00. The van der Waals surface area contributed by atoms with Gasteiger partial charge in [-0.25, -0.2) is 0 Å². The second-order valence-corrected chi connectivity index (χ2v) is 7.84. The van der Waals surface area contributed by atoms with Crippen molar-refractivity contribution in [2.75, 3.05) is 20.6 Å². The van der Waals surface area contributed by atoms with Crippen LogP contribution in [-0.2, 0) is 6.54 Å². The second-order valence-electron chi connectivity index (χ2n) is 7.84. The summed E-state index contributed by atoms with van der Waals surface area (Å²) >= 11 is 0. The molecule has 1 aromatic rings. The van der Waals surface area contributed by atoms with Crippen LogP contribution in [0.15, 0.2) is 30.3 Å². The Morgan fingerprint density at radius 3 is 1.62 bits per heavy atom. The van der Waals surface area contributed by atoms with Crippen LogP contribution in [0.3, 0.4) is 0 Å². The van der Waals surface area contributed by atoms with Crippen molar-refractivity contribution in [2.24, 2.45) is 0 Å². The molecule has 2 heteroatoms. The first-order chi connectivity index (χ1) is 11.1. The van der Waals surface area contributed by atoms with Crippen LogP contribution in [0.4, 0.5) is 0 Å². The van der Waals surface area contributed by atoms with Crippen LogP contribution >= 0.6 is 0 Å². The van der Waals surface area contributed by atoms with Gasteiger partial charge in [-0.1, -0.05) is 95.0 Å². The zero-order valence-electron chi connectivity index (χ0n) is 16.4. The fraction of sp³-hybridized carbons (Fsp3) is 0.727. The van der Waals surface area contributed by atoms with Gasteiger partial charge in [0.15, 0.2) is 0 Å². The molecule has 0 atom stereocenters. The molecule has 0 heterocycles. The molecule has 0 saturated carbocycles. The zero-order chi connectivity index (χ0) is 16.8. The Morgan fingerprint density at radius 2 is 1.12 bits per heavy atom. The number of hydrogen-bond donors (Lipinski definition) is 0. The van der Waals surface area contributed by atoms with Crippen molar-refractivity contribution >= 4 is 0 Å². The van der Waals surface area contributed by atoms with E-state index in [1.165, 1.54) is 82.7 Å². The SMILES string of the molecule is CCCCCCCCCCCCC[N+](C)(C)Cc1ccccc1.[Cl-]. The minimum absolute atomic E-state index is 0. The van der Waals surface area contributed by atoms with Gasteiger partial charge in [0, 0.05) is 5.56 Å². The zero-order valence-corrected chi connectivity index (χ0v) is 17.2. The summed E-state index contributed by atoms with van der Waals surface area (Å²) in [6, 6.07) is 10.9. The summed E-state index contributed by atoms with van der Waals surface area (Å²) < 4.78 is 1.11. The van der Waals surface area contributed by atoms with Gasteiger partial charge in [-0.3, -0.25) is 0 Å². The summed E-state index contributed by atoms with van der Waals surface area (Å²) in [5, 5.41) is 0. The van der Waals surface area contributed by atoms with E-state index in [0.29, 0.717) is 0 Å². The highest BCUT2D eigenvalue weighted by Crippen LogP contribution is 2.14. The lowest BCUT2D eigenvalue weighted by Crippen LogP contribution is -3.00. The van der Waals surface area contributed by atoms with Crippen molar-refractivity contribution in [1.82, 2.24) is 0 Å². The molecule has 0 aliphatic heterocycles. The Morgan fingerprint density at radius 1 is 0.667 bits per heavy atom. The fourth-order valence-corrected chi connectivity index (χ4v) is 3.36. The molecule has 0 amide bonds. The average Bonchev–Trinajstić information content (AvgIpc) is 2.53. The van der Waals surface area contributed by atoms with Crippen molar-refractivity contribution in [1.29, 1.82) is 0 Å². The number of quaternary nitrogens is 1. The molecule has 0 aliphatic rings. The summed E-state index contributed by atoms with van der Waals surface area (Å²) in [7, 11) is 4.73. The monoisotopic (exact) mass is 353 g/mol. The summed E-state index contributed by atoms with van der Waals surface area (Å²) in [5.74, 6) is 0. The van der Waals surface area contributed by atoms with Crippen molar-refractivity contribution in [2.45, 2.75) is 84.1 Å². The van der Waals surface area contributed by atoms with E-state index in [0.717, 1.165) is 11.0 Å². The van der Waals surface area contributed by atoms with E-state index in [-0.39, 0.29) is 12.4 Å². The first kappa shape index (κ1) is 23.5. The lowest BCUT2D eigenvalue weighted by atomic mass is 10.1. The molecule has 0 fully saturated rings. The number of nitrogens with zero attached hydrogens (tertiary/aromatic N) is 1. The topological polar surface area (TPSA) is 0 Å². The molecule has 1 nitrogen and oxygen atoms in total. The van der Waals surface area contributed by atoms with Gasteiger partial charge in [-0.15, -0.1) is 0 Å². The molecule has 1 aromatic carbocycles. The minimum atomic E-state index is 0. The van der Waals surface area contributed by atoms with Crippen molar-refractivity contribution in [3.05, 3.63) is 35.9 Å². The lowest BCUT2D eigenvalue weighted by molar-refractivity contribution is -0.903. The Labute approximate surface area is 157 Å². The molecule has 0 spiro atoms. The molecule has 0 aliphatic carbocycles. The van der Waals surface area contributed by atoms with Gasteiger partial charge < -0.3 is 16.9 Å². The van der Waals surface area contributed by atoms with Gasteiger partial charge in [-0.2, -0.15) is 0 Å². The van der Waals surface area contributed by atoms with Crippen LogP contribution in [0.1, 0.15) is 83.1 Å². The quantitative estimate of drug-likeness (QED) is 0.354. The molecule has 0 unspecified atom stereocenters. The van der Waals surface area contributed by atoms with Gasteiger partial charge in [0.05, 0.1) is 20.6 Å². The Hall–Kier alpha value is -0.530. The molecule has 0 saturated heterocycles. The highest BCUT2D eigenvalue weighted by atomic mass is 35.5.